The summed E-state index contributed by atoms with van der Waals surface area (Å²) in [5.74, 6) is 0.962. The first-order valence-electron chi connectivity index (χ1n) is 10.0. The lowest BCUT2D eigenvalue weighted by Crippen LogP contribution is -2.32. The summed E-state index contributed by atoms with van der Waals surface area (Å²) >= 11 is 1.61. The molecule has 4 rings (SSSR count). The van der Waals surface area contributed by atoms with Gasteiger partial charge in [0.05, 0.1) is 24.0 Å². The summed E-state index contributed by atoms with van der Waals surface area (Å²) in [5, 5.41) is 3.57. The molecule has 1 aliphatic rings. The van der Waals surface area contributed by atoms with Crippen molar-refractivity contribution >= 4 is 33.1 Å². The van der Waals surface area contributed by atoms with Gasteiger partial charge in [0.25, 0.3) is 5.56 Å². The van der Waals surface area contributed by atoms with Crippen LogP contribution < -0.4 is 15.6 Å². The van der Waals surface area contributed by atoms with Crippen LogP contribution >= 0.6 is 11.3 Å². The number of fused-ring (bicyclic) bond motifs is 3. The third-order valence-corrected chi connectivity index (χ3v) is 6.64. The zero-order chi connectivity index (χ0) is 20.5. The number of thiophene rings is 1. The molecule has 0 unspecified atom stereocenters. The maximum absolute atomic E-state index is 13.2. The second-order valence-electron chi connectivity index (χ2n) is 7.58. The Morgan fingerprint density at radius 2 is 2.21 bits per heavy atom. The Morgan fingerprint density at radius 1 is 1.41 bits per heavy atom. The molecule has 2 heterocycles. The molecule has 2 atom stereocenters. The van der Waals surface area contributed by atoms with Crippen LogP contribution in [-0.2, 0) is 17.6 Å². The Labute approximate surface area is 173 Å². The van der Waals surface area contributed by atoms with Crippen LogP contribution in [0.15, 0.2) is 35.4 Å². The van der Waals surface area contributed by atoms with Crippen molar-refractivity contribution in [2.75, 3.05) is 11.9 Å². The Hall–Kier alpha value is -2.67. The van der Waals surface area contributed by atoms with Gasteiger partial charge in [0, 0.05) is 4.88 Å². The smallest absolute Gasteiger partial charge is 0.263 e. The van der Waals surface area contributed by atoms with Crippen LogP contribution in [0.3, 0.4) is 0 Å². The first-order valence-corrected chi connectivity index (χ1v) is 10.8. The summed E-state index contributed by atoms with van der Waals surface area (Å²) in [6.07, 6.45) is 4.48. The lowest BCUT2D eigenvalue weighted by molar-refractivity contribution is -0.118. The predicted molar refractivity (Wildman–Crippen MR) is 116 cm³/mol. The van der Waals surface area contributed by atoms with E-state index in [1.54, 1.807) is 24.3 Å². The quantitative estimate of drug-likeness (QED) is 0.684. The normalized spacial score (nSPS) is 17.0. The minimum absolute atomic E-state index is 0.136. The van der Waals surface area contributed by atoms with Crippen molar-refractivity contribution in [3.8, 4) is 5.75 Å². The molecule has 0 saturated carbocycles. The molecular weight excluding hydrogens is 386 g/mol. The van der Waals surface area contributed by atoms with Crippen molar-refractivity contribution in [1.29, 1.82) is 0 Å². The minimum Gasteiger partial charge on any atom is -0.492 e. The molecule has 3 aromatic rings. The highest BCUT2D eigenvalue weighted by Gasteiger charge is 2.25. The molecule has 152 valence electrons. The van der Waals surface area contributed by atoms with Crippen LogP contribution in [0.4, 0.5) is 5.69 Å². The van der Waals surface area contributed by atoms with E-state index in [9.17, 15) is 9.59 Å². The molecule has 0 fully saturated rings. The molecule has 1 N–H and O–H groups in total. The second kappa shape index (κ2) is 7.99. The highest BCUT2D eigenvalue weighted by Crippen LogP contribution is 2.35. The van der Waals surface area contributed by atoms with Gasteiger partial charge >= 0.3 is 0 Å². The molecule has 29 heavy (non-hydrogen) atoms. The molecule has 0 spiro atoms. The van der Waals surface area contributed by atoms with E-state index >= 15 is 0 Å². The average molecular weight is 412 g/mol. The van der Waals surface area contributed by atoms with Crippen LogP contribution in [-0.4, -0.2) is 22.1 Å². The number of carbonyl (C=O) groups is 1. The van der Waals surface area contributed by atoms with E-state index in [0.29, 0.717) is 29.3 Å². The predicted octanol–water partition coefficient (Wildman–Crippen LogP) is 4.18. The van der Waals surface area contributed by atoms with Crippen LogP contribution in [0.2, 0.25) is 0 Å². The van der Waals surface area contributed by atoms with Gasteiger partial charge in [-0.1, -0.05) is 19.1 Å². The van der Waals surface area contributed by atoms with Gasteiger partial charge in [0.2, 0.25) is 5.91 Å². The summed E-state index contributed by atoms with van der Waals surface area (Å²) in [4.78, 5) is 32.7. The molecule has 1 amide bonds. The number of hydrogen-bond donors (Lipinski definition) is 1. The number of amides is 1. The van der Waals surface area contributed by atoms with Gasteiger partial charge < -0.3 is 10.1 Å². The number of nitrogens with one attached hydrogen (secondary N) is 1. The first kappa shape index (κ1) is 19.6. The summed E-state index contributed by atoms with van der Waals surface area (Å²) < 4.78 is 7.01. The van der Waals surface area contributed by atoms with Crippen LogP contribution in [0.25, 0.3) is 10.2 Å². The van der Waals surface area contributed by atoms with Gasteiger partial charge in [0.15, 0.2) is 0 Å². The third kappa shape index (κ3) is 3.67. The molecule has 7 heteroatoms. The van der Waals surface area contributed by atoms with Crippen LogP contribution in [0.5, 0.6) is 5.75 Å². The zero-order valence-electron chi connectivity index (χ0n) is 16.9. The first-order chi connectivity index (χ1) is 14.0. The number of rotatable bonds is 5. The van der Waals surface area contributed by atoms with Gasteiger partial charge in [-0.3, -0.25) is 14.2 Å². The van der Waals surface area contributed by atoms with Crippen LogP contribution in [0.1, 0.15) is 43.7 Å². The van der Waals surface area contributed by atoms with Crippen LogP contribution in [0, 0.1) is 5.92 Å². The topological polar surface area (TPSA) is 73.2 Å². The maximum atomic E-state index is 13.2. The van der Waals surface area contributed by atoms with E-state index in [4.69, 9.17) is 4.74 Å². The van der Waals surface area contributed by atoms with Gasteiger partial charge in [0.1, 0.15) is 16.6 Å². The minimum atomic E-state index is -0.688. The fourth-order valence-corrected chi connectivity index (χ4v) is 5.18. The number of carbonyl (C=O) groups excluding carboxylic acids is 1. The van der Waals surface area contributed by atoms with Gasteiger partial charge in [-0.15, -0.1) is 11.3 Å². The summed E-state index contributed by atoms with van der Waals surface area (Å²) in [5.41, 5.74) is 1.59. The van der Waals surface area contributed by atoms with Crippen molar-refractivity contribution in [2.45, 2.75) is 46.1 Å². The number of para-hydroxylation sites is 2. The van der Waals surface area contributed by atoms with Crippen molar-refractivity contribution < 1.29 is 9.53 Å². The van der Waals surface area contributed by atoms with Crippen molar-refractivity contribution in [2.24, 2.45) is 5.92 Å². The summed E-state index contributed by atoms with van der Waals surface area (Å²) in [7, 11) is 0. The molecule has 0 saturated heterocycles. The Bertz CT molecular complexity index is 1120. The standard InChI is InChI=1S/C22H25N3O3S/c1-4-28-17-8-6-5-7-16(17)24-20(26)14(3)25-12-23-21-19(22(25)27)15-10-9-13(2)11-18(15)29-21/h5-8,12-14H,4,9-11H2,1-3H3,(H,24,26)/t13-,14-/m1/s1. The number of nitrogens with zero attached hydrogens (tertiary/aromatic N) is 2. The SMILES string of the molecule is CCOc1ccccc1NC(=O)[C@@H](C)n1cnc2sc3c(c2c1=O)CC[C@@H](C)C3. The largest absolute Gasteiger partial charge is 0.492 e. The number of hydrogen-bond acceptors (Lipinski definition) is 5. The number of benzene rings is 1. The van der Waals surface area contributed by atoms with Gasteiger partial charge in [-0.2, -0.15) is 0 Å². The number of anilines is 1. The monoisotopic (exact) mass is 411 g/mol. The van der Waals surface area contributed by atoms with E-state index in [1.165, 1.54) is 15.8 Å². The van der Waals surface area contributed by atoms with E-state index in [2.05, 4.69) is 17.2 Å². The highest BCUT2D eigenvalue weighted by molar-refractivity contribution is 7.18. The Kier molecular flexibility index (Phi) is 5.41. The average Bonchev–Trinajstić information content (AvgIpc) is 3.07. The molecule has 1 aliphatic carbocycles. The fraction of sp³-hybridized carbons (Fsp3) is 0.409. The second-order valence-corrected chi connectivity index (χ2v) is 8.67. The zero-order valence-corrected chi connectivity index (χ0v) is 17.7. The summed E-state index contributed by atoms with van der Waals surface area (Å²) in [6.45, 7) is 6.36. The van der Waals surface area contributed by atoms with E-state index in [-0.39, 0.29) is 11.5 Å². The lowest BCUT2D eigenvalue weighted by Gasteiger charge is -2.18. The molecule has 1 aromatic carbocycles. The van der Waals surface area contributed by atoms with Gasteiger partial charge in [-0.25, -0.2) is 4.98 Å². The molecular formula is C22H25N3O3S. The van der Waals surface area contributed by atoms with Crippen molar-refractivity contribution in [1.82, 2.24) is 9.55 Å². The van der Waals surface area contributed by atoms with Gasteiger partial charge in [-0.05, 0) is 56.7 Å². The van der Waals surface area contributed by atoms with E-state index in [1.807, 2.05) is 25.1 Å². The van der Waals surface area contributed by atoms with Crippen molar-refractivity contribution in [3.63, 3.8) is 0 Å². The number of aryl methyl sites for hydroxylation is 1. The maximum Gasteiger partial charge on any atom is 0.263 e. The molecule has 2 aromatic heterocycles. The summed E-state index contributed by atoms with van der Waals surface area (Å²) in [6, 6.07) is 6.60. The molecule has 0 radical (unpaired) electrons. The lowest BCUT2D eigenvalue weighted by atomic mass is 9.89. The van der Waals surface area contributed by atoms with Crippen molar-refractivity contribution in [3.05, 3.63) is 51.4 Å². The highest BCUT2D eigenvalue weighted by atomic mass is 32.1. The third-order valence-electron chi connectivity index (χ3n) is 5.48. The number of ether oxygens (including phenoxy) is 1. The molecule has 6 nitrogen and oxygen atoms in total. The van der Waals surface area contributed by atoms with E-state index < -0.39 is 6.04 Å². The Balaban J connectivity index is 1.65. The molecule has 0 bridgehead atoms. The van der Waals surface area contributed by atoms with E-state index in [0.717, 1.165) is 29.7 Å². The Morgan fingerprint density at radius 3 is 3.00 bits per heavy atom. The number of aromatic nitrogens is 2. The fourth-order valence-electron chi connectivity index (χ4n) is 3.83. The molecule has 0 aliphatic heterocycles.